The summed E-state index contributed by atoms with van der Waals surface area (Å²) in [7, 11) is 3.93. The lowest BCUT2D eigenvalue weighted by molar-refractivity contribution is 0.0939. The number of nitrogens with one attached hydrogen (secondary N) is 1. The highest BCUT2D eigenvalue weighted by atomic mass is 16.3. The Hall–Kier alpha value is -3.64. The third-order valence-electron chi connectivity index (χ3n) is 5.19. The smallest absolute Gasteiger partial charge is 0.255 e. The van der Waals surface area contributed by atoms with Gasteiger partial charge in [0, 0.05) is 18.3 Å². The van der Waals surface area contributed by atoms with Crippen molar-refractivity contribution in [1.82, 2.24) is 20.0 Å². The molecule has 0 radical (unpaired) electrons. The van der Waals surface area contributed by atoms with Crippen molar-refractivity contribution in [2.45, 2.75) is 12.6 Å². The van der Waals surface area contributed by atoms with Crippen molar-refractivity contribution in [3.8, 4) is 11.3 Å². The van der Waals surface area contributed by atoms with Gasteiger partial charge in [-0.1, -0.05) is 60.7 Å². The number of hydrogen-bond donors (Lipinski definition) is 1. The van der Waals surface area contributed by atoms with E-state index in [2.05, 4.69) is 17.4 Å². The first-order valence-electron chi connectivity index (χ1n) is 10.3. The molecule has 6 heteroatoms. The standard InChI is InChI=1S/C25H26N4O2/c1-28(2)22(23-14-9-15-31-23)16-26-25(30)21-18-29(17-19-10-5-3-6-11-19)27-24(21)20-12-7-4-8-13-20/h3-15,18,22H,16-17H2,1-2H3,(H,26,30). The molecule has 0 bridgehead atoms. The predicted molar refractivity (Wildman–Crippen MR) is 121 cm³/mol. The molecule has 1 N–H and O–H groups in total. The van der Waals surface area contributed by atoms with Gasteiger partial charge in [0.2, 0.25) is 0 Å². The maximum Gasteiger partial charge on any atom is 0.255 e. The lowest BCUT2D eigenvalue weighted by Crippen LogP contribution is -2.34. The Bertz CT molecular complexity index is 1100. The van der Waals surface area contributed by atoms with Crippen molar-refractivity contribution in [3.63, 3.8) is 0 Å². The molecule has 6 nitrogen and oxygen atoms in total. The summed E-state index contributed by atoms with van der Waals surface area (Å²) in [5, 5.41) is 7.80. The van der Waals surface area contributed by atoms with Crippen molar-refractivity contribution < 1.29 is 9.21 Å². The molecule has 0 saturated heterocycles. The first kappa shape index (κ1) is 20.6. The van der Waals surface area contributed by atoms with Crippen LogP contribution in [0.1, 0.15) is 27.7 Å². The summed E-state index contributed by atoms with van der Waals surface area (Å²) in [5.74, 6) is 0.657. The number of carbonyl (C=O) groups excluding carboxylic acids is 1. The van der Waals surface area contributed by atoms with Gasteiger partial charge in [-0.25, -0.2) is 0 Å². The van der Waals surface area contributed by atoms with Crippen LogP contribution in [0.25, 0.3) is 11.3 Å². The number of amides is 1. The van der Waals surface area contributed by atoms with Crippen molar-refractivity contribution >= 4 is 5.91 Å². The molecule has 1 unspecified atom stereocenters. The fourth-order valence-corrected chi connectivity index (χ4v) is 3.55. The Morgan fingerprint density at radius 1 is 1.03 bits per heavy atom. The zero-order valence-corrected chi connectivity index (χ0v) is 17.7. The first-order chi connectivity index (χ1) is 15.1. The lowest BCUT2D eigenvalue weighted by atomic mass is 10.1. The Kier molecular flexibility index (Phi) is 6.29. The van der Waals surface area contributed by atoms with Crippen molar-refractivity contribution in [2.24, 2.45) is 0 Å². The quantitative estimate of drug-likeness (QED) is 0.469. The van der Waals surface area contributed by atoms with E-state index in [9.17, 15) is 4.79 Å². The number of hydrogen-bond acceptors (Lipinski definition) is 4. The van der Waals surface area contributed by atoms with Crippen molar-refractivity contribution in [1.29, 1.82) is 0 Å². The molecule has 2 aromatic heterocycles. The molecule has 158 valence electrons. The number of benzene rings is 2. The van der Waals surface area contributed by atoms with Crippen LogP contribution in [0.5, 0.6) is 0 Å². The van der Waals surface area contributed by atoms with Gasteiger partial charge < -0.3 is 9.73 Å². The first-order valence-corrected chi connectivity index (χ1v) is 10.3. The highest BCUT2D eigenvalue weighted by Gasteiger charge is 2.22. The van der Waals surface area contributed by atoms with E-state index in [1.54, 1.807) is 6.26 Å². The Morgan fingerprint density at radius 3 is 2.39 bits per heavy atom. The molecule has 1 atom stereocenters. The molecule has 0 fully saturated rings. The van der Waals surface area contributed by atoms with E-state index < -0.39 is 0 Å². The van der Waals surface area contributed by atoms with Gasteiger partial charge in [-0.3, -0.25) is 14.4 Å². The Labute approximate surface area is 182 Å². The summed E-state index contributed by atoms with van der Waals surface area (Å²) in [4.78, 5) is 15.2. The number of carbonyl (C=O) groups is 1. The highest BCUT2D eigenvalue weighted by molar-refractivity contribution is 5.99. The molecular weight excluding hydrogens is 388 g/mol. The van der Waals surface area contributed by atoms with Crippen molar-refractivity contribution in [3.05, 3.63) is 102 Å². The third kappa shape index (κ3) is 4.92. The van der Waals surface area contributed by atoms with Gasteiger partial charge in [-0.05, 0) is 31.8 Å². The summed E-state index contributed by atoms with van der Waals surface area (Å²) < 4.78 is 7.37. The van der Waals surface area contributed by atoms with Gasteiger partial charge >= 0.3 is 0 Å². The largest absolute Gasteiger partial charge is 0.468 e. The van der Waals surface area contributed by atoms with Crippen LogP contribution in [-0.2, 0) is 6.54 Å². The van der Waals surface area contributed by atoms with Crippen LogP contribution in [0.15, 0.2) is 89.7 Å². The van der Waals surface area contributed by atoms with Gasteiger partial charge in [-0.2, -0.15) is 5.10 Å². The van der Waals surface area contributed by atoms with Crippen LogP contribution < -0.4 is 5.32 Å². The summed E-state index contributed by atoms with van der Waals surface area (Å²) in [5.41, 5.74) is 3.27. The van der Waals surface area contributed by atoms with E-state index >= 15 is 0 Å². The average Bonchev–Trinajstić information content (AvgIpc) is 3.45. The van der Waals surface area contributed by atoms with Crippen LogP contribution in [-0.4, -0.2) is 41.2 Å². The van der Waals surface area contributed by atoms with E-state index in [1.165, 1.54) is 0 Å². The number of furan rings is 1. The van der Waals surface area contributed by atoms with Gasteiger partial charge in [0.1, 0.15) is 11.5 Å². The molecule has 4 aromatic rings. The van der Waals surface area contributed by atoms with Crippen LogP contribution in [0, 0.1) is 0 Å². The van der Waals surface area contributed by atoms with E-state index in [0.717, 1.165) is 16.9 Å². The molecule has 1 amide bonds. The van der Waals surface area contributed by atoms with E-state index in [4.69, 9.17) is 9.52 Å². The second kappa shape index (κ2) is 9.45. The second-order valence-electron chi connectivity index (χ2n) is 7.65. The molecule has 2 aromatic carbocycles. The molecule has 31 heavy (non-hydrogen) atoms. The molecule has 0 aliphatic carbocycles. The number of aromatic nitrogens is 2. The van der Waals surface area contributed by atoms with Crippen molar-refractivity contribution in [2.75, 3.05) is 20.6 Å². The minimum Gasteiger partial charge on any atom is -0.468 e. The molecule has 0 aliphatic rings. The summed E-state index contributed by atoms with van der Waals surface area (Å²) in [6.07, 6.45) is 3.47. The van der Waals surface area contributed by atoms with Crippen LogP contribution in [0.3, 0.4) is 0 Å². The molecule has 0 spiro atoms. The minimum absolute atomic E-state index is 0.0570. The molecular formula is C25H26N4O2. The lowest BCUT2D eigenvalue weighted by Gasteiger charge is -2.22. The molecule has 0 aliphatic heterocycles. The van der Waals surface area contributed by atoms with Crippen LogP contribution in [0.2, 0.25) is 0 Å². The molecule has 4 rings (SSSR count). The zero-order valence-electron chi connectivity index (χ0n) is 17.7. The topological polar surface area (TPSA) is 63.3 Å². The Balaban J connectivity index is 1.58. The predicted octanol–water partition coefficient (Wildman–Crippen LogP) is 4.22. The van der Waals surface area contributed by atoms with Gasteiger partial charge in [0.15, 0.2) is 0 Å². The van der Waals surface area contributed by atoms with E-state index in [-0.39, 0.29) is 11.9 Å². The van der Waals surface area contributed by atoms with E-state index in [1.807, 2.05) is 90.5 Å². The zero-order chi connectivity index (χ0) is 21.6. The van der Waals surface area contributed by atoms with Crippen LogP contribution in [0.4, 0.5) is 0 Å². The maximum absolute atomic E-state index is 13.2. The molecule has 2 heterocycles. The van der Waals surface area contributed by atoms with Crippen LogP contribution >= 0.6 is 0 Å². The number of likely N-dealkylation sites (N-methyl/N-ethyl adjacent to an activating group) is 1. The van der Waals surface area contributed by atoms with Gasteiger partial charge in [0.25, 0.3) is 5.91 Å². The van der Waals surface area contributed by atoms with E-state index in [0.29, 0.717) is 24.3 Å². The summed E-state index contributed by atoms with van der Waals surface area (Å²) >= 11 is 0. The van der Waals surface area contributed by atoms with Gasteiger partial charge in [-0.15, -0.1) is 0 Å². The highest BCUT2D eigenvalue weighted by Crippen LogP contribution is 2.23. The summed E-state index contributed by atoms with van der Waals surface area (Å²) in [6.45, 7) is 1.03. The maximum atomic E-state index is 13.2. The molecule has 0 saturated carbocycles. The SMILES string of the molecule is CN(C)C(CNC(=O)c1cn(Cc2ccccc2)nc1-c1ccccc1)c1ccco1. The average molecular weight is 415 g/mol. The normalized spacial score (nSPS) is 12.1. The fourth-order valence-electron chi connectivity index (χ4n) is 3.55. The third-order valence-corrected chi connectivity index (χ3v) is 5.19. The Morgan fingerprint density at radius 2 is 1.74 bits per heavy atom. The minimum atomic E-state index is -0.156. The number of rotatable bonds is 8. The second-order valence-corrected chi connectivity index (χ2v) is 7.65. The number of nitrogens with zero attached hydrogens (tertiary/aromatic N) is 3. The summed E-state index contributed by atoms with van der Waals surface area (Å²) in [6, 6.07) is 23.6. The monoisotopic (exact) mass is 414 g/mol. The van der Waals surface area contributed by atoms with Gasteiger partial charge in [0.05, 0.1) is 24.4 Å². The fraction of sp³-hybridized carbons (Fsp3) is 0.200.